The van der Waals surface area contributed by atoms with Crippen LogP contribution in [0.5, 0.6) is 0 Å². The Labute approximate surface area is 106 Å². The largest absolute Gasteiger partial charge is 0.158 e. The van der Waals surface area contributed by atoms with Gasteiger partial charge in [-0.25, -0.2) is 0 Å². The van der Waals surface area contributed by atoms with E-state index >= 15 is 0 Å². The molecule has 1 heteroatoms. The number of rotatable bonds is 3. The van der Waals surface area contributed by atoms with E-state index < -0.39 is 0 Å². The van der Waals surface area contributed by atoms with Crippen molar-refractivity contribution in [2.24, 2.45) is 11.8 Å². The van der Waals surface area contributed by atoms with E-state index in [2.05, 4.69) is 24.9 Å². The maximum absolute atomic E-state index is 2.59. The van der Waals surface area contributed by atoms with Gasteiger partial charge in [0, 0.05) is 4.75 Å². The molecule has 2 rings (SSSR count). The van der Waals surface area contributed by atoms with Crippen LogP contribution >= 0.6 is 11.8 Å². The predicted molar refractivity (Wildman–Crippen MR) is 75.1 cm³/mol. The number of hydrogen-bond acceptors (Lipinski definition) is 1. The van der Waals surface area contributed by atoms with E-state index in [1.165, 1.54) is 64.2 Å². The summed E-state index contributed by atoms with van der Waals surface area (Å²) in [4.78, 5) is 0. The molecule has 0 heterocycles. The summed E-state index contributed by atoms with van der Waals surface area (Å²) in [6, 6.07) is 0. The molecular weight excluding hydrogens is 212 g/mol. The zero-order chi connectivity index (χ0) is 11.4. The molecule has 2 aliphatic carbocycles. The molecule has 0 saturated heterocycles. The highest BCUT2D eigenvalue weighted by Crippen LogP contribution is 2.49. The highest BCUT2D eigenvalue weighted by atomic mass is 32.2. The SMILES string of the molecule is CSC(C)(C1CCCCC1)C1CCCCC1. The van der Waals surface area contributed by atoms with Gasteiger partial charge in [-0.2, -0.15) is 11.8 Å². The monoisotopic (exact) mass is 240 g/mol. The zero-order valence-corrected chi connectivity index (χ0v) is 12.0. The fraction of sp³-hybridized carbons (Fsp3) is 1.00. The molecule has 0 aromatic rings. The van der Waals surface area contributed by atoms with Crippen molar-refractivity contribution in [2.75, 3.05) is 6.26 Å². The predicted octanol–water partition coefficient (Wildman–Crippen LogP) is 5.27. The van der Waals surface area contributed by atoms with E-state index in [0.717, 1.165) is 11.8 Å². The summed E-state index contributed by atoms with van der Waals surface area (Å²) < 4.78 is 0.598. The Morgan fingerprint density at radius 2 is 1.12 bits per heavy atom. The van der Waals surface area contributed by atoms with Crippen molar-refractivity contribution in [3.8, 4) is 0 Å². The molecule has 2 fully saturated rings. The van der Waals surface area contributed by atoms with Crippen molar-refractivity contribution in [3.63, 3.8) is 0 Å². The van der Waals surface area contributed by atoms with Gasteiger partial charge in [0.1, 0.15) is 0 Å². The summed E-state index contributed by atoms with van der Waals surface area (Å²) in [6.07, 6.45) is 17.4. The van der Waals surface area contributed by atoms with Crippen LogP contribution < -0.4 is 0 Å². The van der Waals surface area contributed by atoms with Crippen LogP contribution in [0.15, 0.2) is 0 Å². The standard InChI is InChI=1S/C15H28S/c1-15(16-2,13-9-5-3-6-10-13)14-11-7-4-8-12-14/h13-14H,3-12H2,1-2H3. The van der Waals surface area contributed by atoms with E-state index in [9.17, 15) is 0 Å². The van der Waals surface area contributed by atoms with Crippen LogP contribution in [0.2, 0.25) is 0 Å². The molecule has 0 unspecified atom stereocenters. The van der Waals surface area contributed by atoms with Crippen LogP contribution in [0.3, 0.4) is 0 Å². The van der Waals surface area contributed by atoms with E-state index in [0.29, 0.717) is 4.75 Å². The molecular formula is C15H28S. The molecule has 0 nitrogen and oxygen atoms in total. The van der Waals surface area contributed by atoms with Gasteiger partial charge in [-0.3, -0.25) is 0 Å². The molecule has 0 aliphatic heterocycles. The number of thioether (sulfide) groups is 1. The first-order valence-electron chi connectivity index (χ1n) is 7.32. The topological polar surface area (TPSA) is 0 Å². The zero-order valence-electron chi connectivity index (χ0n) is 11.1. The van der Waals surface area contributed by atoms with Gasteiger partial charge in [0.25, 0.3) is 0 Å². The van der Waals surface area contributed by atoms with Gasteiger partial charge in [-0.1, -0.05) is 38.5 Å². The summed E-state index contributed by atoms with van der Waals surface area (Å²) >= 11 is 2.19. The second kappa shape index (κ2) is 5.80. The first-order chi connectivity index (χ1) is 7.77. The third-order valence-corrected chi connectivity index (χ3v) is 6.82. The van der Waals surface area contributed by atoms with Crippen LogP contribution in [0, 0.1) is 11.8 Å². The summed E-state index contributed by atoms with van der Waals surface area (Å²) in [5.41, 5.74) is 0. The third kappa shape index (κ3) is 2.60. The van der Waals surface area contributed by atoms with Crippen LogP contribution in [-0.4, -0.2) is 11.0 Å². The van der Waals surface area contributed by atoms with E-state index in [1.807, 2.05) is 0 Å². The average molecular weight is 240 g/mol. The average Bonchev–Trinajstić information content (AvgIpc) is 2.40. The van der Waals surface area contributed by atoms with Crippen molar-refractivity contribution < 1.29 is 0 Å². The van der Waals surface area contributed by atoms with E-state index in [-0.39, 0.29) is 0 Å². The first-order valence-corrected chi connectivity index (χ1v) is 8.55. The van der Waals surface area contributed by atoms with Gasteiger partial charge in [-0.15, -0.1) is 0 Å². The summed E-state index contributed by atoms with van der Waals surface area (Å²) in [5, 5.41) is 0. The Morgan fingerprint density at radius 1 is 0.750 bits per heavy atom. The highest BCUT2D eigenvalue weighted by Gasteiger charge is 2.41. The third-order valence-electron chi connectivity index (χ3n) is 5.27. The van der Waals surface area contributed by atoms with Crippen molar-refractivity contribution in [3.05, 3.63) is 0 Å². The molecule has 0 N–H and O–H groups in total. The smallest absolute Gasteiger partial charge is 0.0185 e. The second-order valence-corrected chi connectivity index (χ2v) is 7.35. The molecule has 0 amide bonds. The van der Waals surface area contributed by atoms with Crippen LogP contribution in [0.4, 0.5) is 0 Å². The number of hydrogen-bond donors (Lipinski definition) is 0. The minimum atomic E-state index is 0.598. The molecule has 94 valence electrons. The Hall–Kier alpha value is 0.350. The highest BCUT2D eigenvalue weighted by molar-refractivity contribution is 8.00. The lowest BCUT2D eigenvalue weighted by Gasteiger charge is -2.46. The normalized spacial score (nSPS) is 25.9. The Kier molecular flexibility index (Phi) is 4.64. The van der Waals surface area contributed by atoms with Gasteiger partial charge in [0.2, 0.25) is 0 Å². The molecule has 0 aromatic heterocycles. The van der Waals surface area contributed by atoms with Crippen LogP contribution in [0.1, 0.15) is 71.1 Å². The van der Waals surface area contributed by atoms with E-state index in [1.54, 1.807) is 0 Å². The maximum Gasteiger partial charge on any atom is 0.0185 e. The first kappa shape index (κ1) is 12.8. The Bertz CT molecular complexity index is 181. The fourth-order valence-corrected chi connectivity index (χ4v) is 5.16. The molecule has 0 bridgehead atoms. The Morgan fingerprint density at radius 3 is 1.44 bits per heavy atom. The van der Waals surface area contributed by atoms with Crippen LogP contribution in [-0.2, 0) is 0 Å². The second-order valence-electron chi connectivity index (χ2n) is 6.06. The van der Waals surface area contributed by atoms with Crippen LogP contribution in [0.25, 0.3) is 0 Å². The molecule has 16 heavy (non-hydrogen) atoms. The molecule has 2 aliphatic rings. The maximum atomic E-state index is 2.59. The van der Waals surface area contributed by atoms with Crippen molar-refractivity contribution in [2.45, 2.75) is 75.9 Å². The van der Waals surface area contributed by atoms with Gasteiger partial charge in [0.05, 0.1) is 0 Å². The quantitative estimate of drug-likeness (QED) is 0.647. The van der Waals surface area contributed by atoms with Crippen molar-refractivity contribution in [1.29, 1.82) is 0 Å². The van der Waals surface area contributed by atoms with Gasteiger partial charge in [0.15, 0.2) is 0 Å². The summed E-state index contributed by atoms with van der Waals surface area (Å²) in [6.45, 7) is 2.59. The van der Waals surface area contributed by atoms with Gasteiger partial charge < -0.3 is 0 Å². The molecule has 0 aromatic carbocycles. The molecule has 0 radical (unpaired) electrons. The molecule has 0 atom stereocenters. The lowest BCUT2D eigenvalue weighted by Crippen LogP contribution is -2.41. The summed E-state index contributed by atoms with van der Waals surface area (Å²) in [7, 11) is 0. The van der Waals surface area contributed by atoms with Gasteiger partial charge in [-0.05, 0) is 50.7 Å². The minimum Gasteiger partial charge on any atom is -0.158 e. The lowest BCUT2D eigenvalue weighted by molar-refractivity contribution is 0.189. The van der Waals surface area contributed by atoms with Gasteiger partial charge >= 0.3 is 0 Å². The lowest BCUT2D eigenvalue weighted by atomic mass is 9.70. The fourth-order valence-electron chi connectivity index (χ4n) is 4.02. The Balaban J connectivity index is 2.03. The van der Waals surface area contributed by atoms with Crippen molar-refractivity contribution in [1.82, 2.24) is 0 Å². The van der Waals surface area contributed by atoms with E-state index in [4.69, 9.17) is 0 Å². The molecule has 0 spiro atoms. The summed E-state index contributed by atoms with van der Waals surface area (Å²) in [5.74, 6) is 2.03. The van der Waals surface area contributed by atoms with Crippen molar-refractivity contribution >= 4 is 11.8 Å². The minimum absolute atomic E-state index is 0.598. The molecule has 2 saturated carbocycles.